The number of halogens is 1. The van der Waals surface area contributed by atoms with E-state index in [0.29, 0.717) is 17.1 Å². The SMILES string of the molecule is Cc1cc(Nc2cccc(F)c2)c(C(=O)O)cn1. The van der Waals surface area contributed by atoms with Crippen LogP contribution in [0.1, 0.15) is 16.1 Å². The minimum absolute atomic E-state index is 0.0462. The van der Waals surface area contributed by atoms with Gasteiger partial charge in [0.05, 0.1) is 5.69 Å². The molecular weight excluding hydrogens is 235 g/mol. The van der Waals surface area contributed by atoms with Crippen molar-refractivity contribution in [1.82, 2.24) is 4.98 Å². The van der Waals surface area contributed by atoms with Crippen molar-refractivity contribution in [3.63, 3.8) is 0 Å². The Morgan fingerprint density at radius 2 is 2.17 bits per heavy atom. The second kappa shape index (κ2) is 4.83. The summed E-state index contributed by atoms with van der Waals surface area (Å²) in [6.07, 6.45) is 1.28. The first kappa shape index (κ1) is 12.0. The van der Waals surface area contributed by atoms with Crippen LogP contribution in [0.4, 0.5) is 15.8 Å². The van der Waals surface area contributed by atoms with Gasteiger partial charge in [0, 0.05) is 17.6 Å². The normalized spacial score (nSPS) is 10.1. The van der Waals surface area contributed by atoms with E-state index in [9.17, 15) is 9.18 Å². The minimum Gasteiger partial charge on any atom is -0.478 e. The summed E-state index contributed by atoms with van der Waals surface area (Å²) in [6.45, 7) is 1.75. The first-order valence-corrected chi connectivity index (χ1v) is 5.29. The largest absolute Gasteiger partial charge is 0.478 e. The summed E-state index contributed by atoms with van der Waals surface area (Å²) in [7, 11) is 0. The van der Waals surface area contributed by atoms with Gasteiger partial charge in [-0.15, -0.1) is 0 Å². The van der Waals surface area contributed by atoms with E-state index in [1.54, 1.807) is 25.1 Å². The lowest BCUT2D eigenvalue weighted by atomic mass is 10.2. The highest BCUT2D eigenvalue weighted by atomic mass is 19.1. The lowest BCUT2D eigenvalue weighted by Crippen LogP contribution is -2.04. The first-order valence-electron chi connectivity index (χ1n) is 5.29. The molecule has 1 aromatic carbocycles. The number of pyridine rings is 1. The van der Waals surface area contributed by atoms with E-state index in [4.69, 9.17) is 5.11 Å². The Labute approximate surface area is 103 Å². The molecule has 2 rings (SSSR count). The summed E-state index contributed by atoms with van der Waals surface area (Å²) in [5, 5.41) is 11.9. The standard InChI is InChI=1S/C13H11FN2O2/c1-8-5-12(11(7-15-8)13(17)18)16-10-4-2-3-9(14)6-10/h2-7H,1H3,(H,15,16)(H,17,18). The van der Waals surface area contributed by atoms with Crippen LogP contribution in [0.25, 0.3) is 0 Å². The Morgan fingerprint density at radius 3 is 2.83 bits per heavy atom. The molecule has 2 aromatic rings. The molecule has 18 heavy (non-hydrogen) atoms. The molecular formula is C13H11FN2O2. The van der Waals surface area contributed by atoms with Crippen molar-refractivity contribution in [3.05, 3.63) is 53.6 Å². The molecule has 0 bridgehead atoms. The Balaban J connectivity index is 2.39. The molecule has 0 aliphatic rings. The molecule has 0 saturated carbocycles. The maximum absolute atomic E-state index is 13.0. The van der Waals surface area contributed by atoms with Crippen LogP contribution in [0.2, 0.25) is 0 Å². The number of carboxylic acids is 1. The van der Waals surface area contributed by atoms with Crippen molar-refractivity contribution in [3.8, 4) is 0 Å². The van der Waals surface area contributed by atoms with E-state index in [-0.39, 0.29) is 11.4 Å². The van der Waals surface area contributed by atoms with Gasteiger partial charge < -0.3 is 10.4 Å². The molecule has 0 fully saturated rings. The number of hydrogen-bond donors (Lipinski definition) is 2. The molecule has 0 aliphatic carbocycles. The first-order chi connectivity index (χ1) is 8.56. The second-order valence-corrected chi connectivity index (χ2v) is 3.81. The van der Waals surface area contributed by atoms with Gasteiger partial charge in [-0.25, -0.2) is 9.18 Å². The molecule has 0 saturated heterocycles. The van der Waals surface area contributed by atoms with Gasteiger partial charge in [0.25, 0.3) is 0 Å². The van der Waals surface area contributed by atoms with Crippen molar-refractivity contribution in [2.75, 3.05) is 5.32 Å². The predicted octanol–water partition coefficient (Wildman–Crippen LogP) is 2.97. The van der Waals surface area contributed by atoms with Gasteiger partial charge in [0.2, 0.25) is 0 Å². The third-order valence-corrected chi connectivity index (χ3v) is 2.37. The summed E-state index contributed by atoms with van der Waals surface area (Å²) in [6, 6.07) is 7.42. The lowest BCUT2D eigenvalue weighted by Gasteiger charge is -2.10. The van der Waals surface area contributed by atoms with Gasteiger partial charge in [0.15, 0.2) is 0 Å². The van der Waals surface area contributed by atoms with E-state index in [2.05, 4.69) is 10.3 Å². The lowest BCUT2D eigenvalue weighted by molar-refractivity contribution is 0.0697. The molecule has 0 amide bonds. The molecule has 2 N–H and O–H groups in total. The average Bonchev–Trinajstić information content (AvgIpc) is 2.28. The van der Waals surface area contributed by atoms with Crippen molar-refractivity contribution >= 4 is 17.3 Å². The monoisotopic (exact) mass is 246 g/mol. The maximum atomic E-state index is 13.0. The number of carbonyl (C=O) groups is 1. The quantitative estimate of drug-likeness (QED) is 0.874. The van der Waals surface area contributed by atoms with Crippen LogP contribution < -0.4 is 5.32 Å². The summed E-state index contributed by atoms with van der Waals surface area (Å²) in [5.41, 5.74) is 1.60. The van der Waals surface area contributed by atoms with Crippen molar-refractivity contribution < 1.29 is 14.3 Å². The molecule has 1 aromatic heterocycles. The van der Waals surface area contributed by atoms with Crippen LogP contribution in [0.3, 0.4) is 0 Å². The smallest absolute Gasteiger partial charge is 0.339 e. The second-order valence-electron chi connectivity index (χ2n) is 3.81. The zero-order chi connectivity index (χ0) is 13.1. The Morgan fingerprint density at radius 1 is 1.39 bits per heavy atom. The highest BCUT2D eigenvalue weighted by Gasteiger charge is 2.11. The fourth-order valence-corrected chi connectivity index (χ4v) is 1.56. The minimum atomic E-state index is -1.08. The van der Waals surface area contributed by atoms with Gasteiger partial charge in [-0.3, -0.25) is 4.98 Å². The van der Waals surface area contributed by atoms with Crippen LogP contribution in [-0.4, -0.2) is 16.1 Å². The van der Waals surface area contributed by atoms with Gasteiger partial charge >= 0.3 is 5.97 Å². The van der Waals surface area contributed by atoms with Crippen molar-refractivity contribution in [2.45, 2.75) is 6.92 Å². The Bertz CT molecular complexity index is 599. The van der Waals surface area contributed by atoms with E-state index in [0.717, 1.165) is 0 Å². The average molecular weight is 246 g/mol. The fourth-order valence-electron chi connectivity index (χ4n) is 1.56. The number of aryl methyl sites for hydroxylation is 1. The molecule has 0 atom stereocenters. The molecule has 0 aliphatic heterocycles. The van der Waals surface area contributed by atoms with Crippen molar-refractivity contribution in [1.29, 1.82) is 0 Å². The van der Waals surface area contributed by atoms with E-state index >= 15 is 0 Å². The number of rotatable bonds is 3. The molecule has 4 nitrogen and oxygen atoms in total. The molecule has 92 valence electrons. The zero-order valence-electron chi connectivity index (χ0n) is 9.64. The summed E-state index contributed by atoms with van der Waals surface area (Å²) in [5.74, 6) is -1.47. The Hall–Kier alpha value is -2.43. The van der Waals surface area contributed by atoms with Gasteiger partial charge in [-0.1, -0.05) is 6.07 Å². The number of benzene rings is 1. The number of nitrogens with zero attached hydrogens (tertiary/aromatic N) is 1. The maximum Gasteiger partial charge on any atom is 0.339 e. The number of hydrogen-bond acceptors (Lipinski definition) is 3. The van der Waals surface area contributed by atoms with E-state index in [1.807, 2.05) is 0 Å². The highest BCUT2D eigenvalue weighted by Crippen LogP contribution is 2.21. The van der Waals surface area contributed by atoms with Crippen molar-refractivity contribution in [2.24, 2.45) is 0 Å². The third-order valence-electron chi connectivity index (χ3n) is 2.37. The van der Waals surface area contributed by atoms with Gasteiger partial charge in [-0.2, -0.15) is 0 Å². The molecule has 0 radical (unpaired) electrons. The molecule has 0 unspecified atom stereocenters. The van der Waals surface area contributed by atoms with Gasteiger partial charge in [-0.05, 0) is 31.2 Å². The number of nitrogens with one attached hydrogen (secondary N) is 1. The number of aromatic nitrogens is 1. The number of aromatic carboxylic acids is 1. The van der Waals surface area contributed by atoms with Crippen LogP contribution in [0.5, 0.6) is 0 Å². The molecule has 1 heterocycles. The van der Waals surface area contributed by atoms with E-state index < -0.39 is 5.97 Å². The predicted molar refractivity (Wildman–Crippen MR) is 65.6 cm³/mol. The molecule has 0 spiro atoms. The Kier molecular flexibility index (Phi) is 3.23. The molecule has 5 heteroatoms. The number of anilines is 2. The highest BCUT2D eigenvalue weighted by molar-refractivity contribution is 5.94. The summed E-state index contributed by atoms with van der Waals surface area (Å²) in [4.78, 5) is 15.0. The van der Waals surface area contributed by atoms with Crippen LogP contribution in [0.15, 0.2) is 36.5 Å². The van der Waals surface area contributed by atoms with E-state index in [1.165, 1.54) is 18.3 Å². The van der Waals surface area contributed by atoms with Crippen LogP contribution in [0, 0.1) is 12.7 Å². The topological polar surface area (TPSA) is 62.2 Å². The third kappa shape index (κ3) is 2.63. The van der Waals surface area contributed by atoms with Gasteiger partial charge in [0.1, 0.15) is 11.4 Å². The van der Waals surface area contributed by atoms with Crippen LogP contribution in [-0.2, 0) is 0 Å². The zero-order valence-corrected chi connectivity index (χ0v) is 9.64. The number of carboxylic acid groups (broad SMARTS) is 1. The summed E-state index contributed by atoms with van der Waals surface area (Å²) < 4.78 is 13.0. The van der Waals surface area contributed by atoms with Crippen LogP contribution >= 0.6 is 0 Å². The fraction of sp³-hybridized carbons (Fsp3) is 0.0769. The summed E-state index contributed by atoms with van der Waals surface area (Å²) >= 11 is 0.